The fourth-order valence-corrected chi connectivity index (χ4v) is 3.11. The Hall–Kier alpha value is -4.71. The number of aromatic nitrogens is 2. The third-order valence-electron chi connectivity index (χ3n) is 4.67. The van der Waals surface area contributed by atoms with Crippen molar-refractivity contribution >= 4 is 28.2 Å². The van der Waals surface area contributed by atoms with Crippen LogP contribution in [0.25, 0.3) is 10.9 Å². The minimum atomic E-state index is -0.504. The monoisotopic (exact) mass is 413 g/mol. The van der Waals surface area contributed by atoms with E-state index < -0.39 is 10.8 Å². The molecule has 9 heteroatoms. The number of nitriles is 1. The molecule has 0 bridgehead atoms. The number of nitrogens with one attached hydrogen (secondary N) is 2. The zero-order chi connectivity index (χ0) is 22.0. The summed E-state index contributed by atoms with van der Waals surface area (Å²) >= 11 is 0. The molecule has 9 nitrogen and oxygen atoms in total. The van der Waals surface area contributed by atoms with Crippen LogP contribution >= 0.6 is 0 Å². The molecule has 152 valence electrons. The lowest BCUT2D eigenvalue weighted by Crippen LogP contribution is -2.12. The summed E-state index contributed by atoms with van der Waals surface area (Å²) in [4.78, 5) is 30.4. The fourth-order valence-electron chi connectivity index (χ4n) is 3.11. The van der Waals surface area contributed by atoms with Crippen molar-refractivity contribution in [2.24, 2.45) is 0 Å². The molecule has 31 heavy (non-hydrogen) atoms. The highest BCUT2D eigenvalue weighted by molar-refractivity contribution is 6.13. The van der Waals surface area contributed by atoms with E-state index in [0.29, 0.717) is 33.5 Å². The molecule has 4 rings (SSSR count). The van der Waals surface area contributed by atoms with Gasteiger partial charge in [0.25, 0.3) is 11.6 Å². The van der Waals surface area contributed by atoms with Crippen LogP contribution < -0.4 is 10.1 Å². The van der Waals surface area contributed by atoms with E-state index in [1.165, 1.54) is 24.5 Å². The average Bonchev–Trinajstić information content (AvgIpc) is 3.19. The summed E-state index contributed by atoms with van der Waals surface area (Å²) in [7, 11) is 0. The Balaban J connectivity index is 1.57. The third-order valence-corrected chi connectivity index (χ3v) is 4.67. The van der Waals surface area contributed by atoms with Crippen molar-refractivity contribution in [1.82, 2.24) is 9.97 Å². The fraction of sp³-hybridized carbons (Fsp3) is 0.0455. The first-order valence-electron chi connectivity index (χ1n) is 9.17. The molecule has 1 amide bonds. The van der Waals surface area contributed by atoms with Crippen LogP contribution in [0.3, 0.4) is 0 Å². The number of hydrogen-bond donors (Lipinski definition) is 2. The van der Waals surface area contributed by atoms with E-state index in [0.717, 1.165) is 5.56 Å². The molecule has 0 atom stereocenters. The molecule has 0 spiro atoms. The summed E-state index contributed by atoms with van der Waals surface area (Å²) in [5, 5.41) is 23.5. The second-order valence-electron chi connectivity index (χ2n) is 6.69. The summed E-state index contributed by atoms with van der Waals surface area (Å²) in [5.41, 5.74) is 2.42. The van der Waals surface area contributed by atoms with Crippen molar-refractivity contribution in [3.63, 3.8) is 0 Å². The number of hydrogen-bond acceptors (Lipinski definition) is 6. The first-order valence-corrected chi connectivity index (χ1v) is 9.17. The Kier molecular flexibility index (Phi) is 5.03. The lowest BCUT2D eigenvalue weighted by molar-refractivity contribution is -0.384. The quantitative estimate of drug-likeness (QED) is 0.360. The van der Waals surface area contributed by atoms with Crippen molar-refractivity contribution in [1.29, 1.82) is 5.26 Å². The molecule has 0 aliphatic carbocycles. The average molecular weight is 413 g/mol. The molecule has 0 radical (unpaired) electrons. The molecule has 4 aromatic rings. The Morgan fingerprint density at radius 3 is 2.84 bits per heavy atom. The second kappa shape index (κ2) is 7.96. The van der Waals surface area contributed by atoms with E-state index in [4.69, 9.17) is 10.00 Å². The molecular weight excluding hydrogens is 398 g/mol. The van der Waals surface area contributed by atoms with E-state index in [1.807, 2.05) is 6.07 Å². The van der Waals surface area contributed by atoms with Crippen molar-refractivity contribution in [2.75, 3.05) is 5.32 Å². The number of nitro benzene ring substituents is 1. The predicted octanol–water partition coefficient (Wildman–Crippen LogP) is 4.70. The zero-order valence-electron chi connectivity index (χ0n) is 16.2. The van der Waals surface area contributed by atoms with Gasteiger partial charge in [-0.05, 0) is 48.9 Å². The number of non-ortho nitro benzene ring substituents is 1. The van der Waals surface area contributed by atoms with E-state index in [9.17, 15) is 14.9 Å². The van der Waals surface area contributed by atoms with Crippen LogP contribution in [0.15, 0.2) is 60.9 Å². The maximum Gasteiger partial charge on any atom is 0.270 e. The van der Waals surface area contributed by atoms with Crippen LogP contribution in [0.2, 0.25) is 0 Å². The number of anilines is 1. The highest BCUT2D eigenvalue weighted by Crippen LogP contribution is 2.28. The summed E-state index contributed by atoms with van der Waals surface area (Å²) in [6.45, 7) is 1.80. The summed E-state index contributed by atoms with van der Waals surface area (Å²) in [6.07, 6.45) is 3.05. The molecule has 0 saturated carbocycles. The first-order chi connectivity index (χ1) is 15.0. The number of ether oxygens (including phenoxy) is 1. The number of H-pyrrole nitrogens is 1. The summed E-state index contributed by atoms with van der Waals surface area (Å²) in [5.74, 6) is 0.259. The van der Waals surface area contributed by atoms with Gasteiger partial charge in [-0.2, -0.15) is 5.26 Å². The highest BCUT2D eigenvalue weighted by atomic mass is 16.6. The van der Waals surface area contributed by atoms with Crippen LogP contribution in [-0.4, -0.2) is 20.8 Å². The van der Waals surface area contributed by atoms with Gasteiger partial charge < -0.3 is 15.0 Å². The molecule has 2 N–H and O–H groups in total. The van der Waals surface area contributed by atoms with E-state index in [1.54, 1.807) is 43.3 Å². The smallest absolute Gasteiger partial charge is 0.270 e. The van der Waals surface area contributed by atoms with Crippen LogP contribution in [0.1, 0.15) is 21.5 Å². The standard InChI is InChI=1S/C22H15N5O4/c1-13-9-16(31-22-14(11-23)3-2-8-24-22)5-7-19(13)26-21(28)18-12-25-20-6-4-15(27(29)30)10-17(18)20/h2-10,12,25H,1H3,(H,26,28). The highest BCUT2D eigenvalue weighted by Gasteiger charge is 2.16. The molecule has 0 aliphatic heterocycles. The SMILES string of the molecule is Cc1cc(Oc2ncccc2C#N)ccc1NC(=O)c1c[nH]c2ccc([N+](=O)[O-])cc12. The minimum Gasteiger partial charge on any atom is -0.438 e. The topological polar surface area (TPSA) is 134 Å². The molecule has 2 aromatic carbocycles. The van der Waals surface area contributed by atoms with Crippen molar-refractivity contribution in [3.8, 4) is 17.7 Å². The Bertz CT molecular complexity index is 1370. The van der Waals surface area contributed by atoms with Gasteiger partial charge in [0, 0.05) is 41.1 Å². The molecule has 2 aromatic heterocycles. The van der Waals surface area contributed by atoms with Crippen LogP contribution in [-0.2, 0) is 0 Å². The van der Waals surface area contributed by atoms with Crippen molar-refractivity contribution in [3.05, 3.63) is 87.7 Å². The van der Waals surface area contributed by atoms with Gasteiger partial charge in [-0.3, -0.25) is 14.9 Å². The molecule has 0 aliphatic rings. The van der Waals surface area contributed by atoms with Gasteiger partial charge in [0.05, 0.1) is 10.5 Å². The number of carbonyl (C=O) groups excluding carboxylic acids is 1. The molecule has 0 saturated heterocycles. The van der Waals surface area contributed by atoms with Crippen LogP contribution in [0.4, 0.5) is 11.4 Å². The molecular formula is C22H15N5O4. The van der Waals surface area contributed by atoms with Crippen LogP contribution in [0.5, 0.6) is 11.6 Å². The Labute approximate surface area is 176 Å². The van der Waals surface area contributed by atoms with Gasteiger partial charge in [0.1, 0.15) is 17.4 Å². The maximum atomic E-state index is 12.8. The van der Waals surface area contributed by atoms with Gasteiger partial charge in [0.15, 0.2) is 0 Å². The number of nitro groups is 1. The Morgan fingerprint density at radius 1 is 1.26 bits per heavy atom. The number of rotatable bonds is 5. The van der Waals surface area contributed by atoms with Gasteiger partial charge in [-0.1, -0.05) is 0 Å². The number of carbonyl (C=O) groups is 1. The second-order valence-corrected chi connectivity index (χ2v) is 6.69. The van der Waals surface area contributed by atoms with Crippen molar-refractivity contribution in [2.45, 2.75) is 6.92 Å². The number of fused-ring (bicyclic) bond motifs is 1. The first kappa shape index (κ1) is 19.6. The van der Waals surface area contributed by atoms with Gasteiger partial charge in [-0.15, -0.1) is 0 Å². The molecule has 0 unspecified atom stereocenters. The van der Waals surface area contributed by atoms with E-state index in [-0.39, 0.29) is 11.6 Å². The lowest BCUT2D eigenvalue weighted by Gasteiger charge is -2.11. The van der Waals surface area contributed by atoms with E-state index in [2.05, 4.69) is 15.3 Å². The number of benzene rings is 2. The number of amides is 1. The molecule has 0 fully saturated rings. The summed E-state index contributed by atoms with van der Waals surface area (Å²) < 4.78 is 5.69. The van der Waals surface area contributed by atoms with Gasteiger partial charge >= 0.3 is 0 Å². The van der Waals surface area contributed by atoms with Crippen molar-refractivity contribution < 1.29 is 14.5 Å². The van der Waals surface area contributed by atoms with Gasteiger partial charge in [0.2, 0.25) is 5.88 Å². The van der Waals surface area contributed by atoms with E-state index >= 15 is 0 Å². The molecule has 2 heterocycles. The van der Waals surface area contributed by atoms with Crippen LogP contribution in [0, 0.1) is 28.4 Å². The summed E-state index contributed by atoms with van der Waals surface area (Å²) in [6, 6.07) is 14.6. The Morgan fingerprint density at radius 2 is 2.10 bits per heavy atom. The third kappa shape index (κ3) is 3.90. The maximum absolute atomic E-state index is 12.8. The largest absolute Gasteiger partial charge is 0.438 e. The predicted molar refractivity (Wildman–Crippen MR) is 113 cm³/mol. The lowest BCUT2D eigenvalue weighted by atomic mass is 10.1. The normalized spacial score (nSPS) is 10.5. The number of aromatic amines is 1. The number of aryl methyl sites for hydroxylation is 1. The number of nitrogens with zero attached hydrogens (tertiary/aromatic N) is 3. The van der Waals surface area contributed by atoms with Gasteiger partial charge in [-0.25, -0.2) is 4.98 Å². The number of pyridine rings is 1. The minimum absolute atomic E-state index is 0.0925. The zero-order valence-corrected chi connectivity index (χ0v) is 16.2.